The third-order valence-electron chi connectivity index (χ3n) is 3.93. The fourth-order valence-corrected chi connectivity index (χ4v) is 2.90. The first-order valence-electron chi connectivity index (χ1n) is 7.22. The fraction of sp³-hybridized carbons (Fsp3) is 0.500. The molecule has 2 aromatic rings. The number of rotatable bonds is 5. The molecular formula is C16H22N2O. The highest BCUT2D eigenvalue weighted by atomic mass is 16.5. The molecule has 102 valence electrons. The van der Waals surface area contributed by atoms with Gasteiger partial charge in [0.15, 0.2) is 0 Å². The number of nitrogens with one attached hydrogen (secondary N) is 1. The average molecular weight is 258 g/mol. The van der Waals surface area contributed by atoms with Crippen molar-refractivity contribution in [2.45, 2.75) is 32.4 Å². The van der Waals surface area contributed by atoms with Gasteiger partial charge in [0.05, 0.1) is 6.10 Å². The van der Waals surface area contributed by atoms with Crippen molar-refractivity contribution in [3.8, 4) is 0 Å². The summed E-state index contributed by atoms with van der Waals surface area (Å²) in [5.74, 6) is 0. The van der Waals surface area contributed by atoms with Crippen LogP contribution in [0.5, 0.6) is 0 Å². The molecule has 2 heterocycles. The normalized spacial score (nSPS) is 19.3. The topological polar surface area (TPSA) is 26.2 Å². The van der Waals surface area contributed by atoms with Gasteiger partial charge in [-0.15, -0.1) is 0 Å². The maximum absolute atomic E-state index is 5.61. The summed E-state index contributed by atoms with van der Waals surface area (Å²) in [5, 5.41) is 4.84. The van der Waals surface area contributed by atoms with Crippen molar-refractivity contribution in [3.05, 3.63) is 36.0 Å². The number of nitrogens with zero attached hydrogens (tertiary/aromatic N) is 1. The summed E-state index contributed by atoms with van der Waals surface area (Å²) in [6.45, 7) is 6.12. The van der Waals surface area contributed by atoms with Gasteiger partial charge in [-0.05, 0) is 37.3 Å². The zero-order valence-corrected chi connectivity index (χ0v) is 11.6. The summed E-state index contributed by atoms with van der Waals surface area (Å²) in [7, 11) is 0. The number of ether oxygens (including phenoxy) is 1. The smallest absolute Gasteiger partial charge is 0.0700 e. The highest BCUT2D eigenvalue weighted by Gasteiger charge is 2.14. The SMILES string of the molecule is Cc1cc2ccccc2n1CCNCC1CCCO1. The zero-order chi connectivity index (χ0) is 13.1. The Balaban J connectivity index is 1.57. The summed E-state index contributed by atoms with van der Waals surface area (Å²) in [5.41, 5.74) is 2.67. The van der Waals surface area contributed by atoms with E-state index in [2.05, 4.69) is 47.1 Å². The van der Waals surface area contributed by atoms with Crippen molar-refractivity contribution in [1.82, 2.24) is 9.88 Å². The highest BCUT2D eigenvalue weighted by Crippen LogP contribution is 2.18. The first kappa shape index (κ1) is 12.7. The van der Waals surface area contributed by atoms with Crippen molar-refractivity contribution >= 4 is 10.9 Å². The lowest BCUT2D eigenvalue weighted by atomic mass is 10.2. The second-order valence-corrected chi connectivity index (χ2v) is 5.34. The number of benzene rings is 1. The molecule has 3 nitrogen and oxygen atoms in total. The fourth-order valence-electron chi connectivity index (χ4n) is 2.90. The molecule has 1 N–H and O–H groups in total. The molecule has 1 aliphatic rings. The number of aromatic nitrogens is 1. The van der Waals surface area contributed by atoms with E-state index in [0.29, 0.717) is 6.10 Å². The number of hydrogen-bond acceptors (Lipinski definition) is 2. The van der Waals surface area contributed by atoms with E-state index in [-0.39, 0.29) is 0 Å². The van der Waals surface area contributed by atoms with Crippen LogP contribution in [0.4, 0.5) is 0 Å². The molecule has 0 bridgehead atoms. The van der Waals surface area contributed by atoms with Crippen molar-refractivity contribution in [2.24, 2.45) is 0 Å². The lowest BCUT2D eigenvalue weighted by Gasteiger charge is -2.12. The van der Waals surface area contributed by atoms with Crippen LogP contribution >= 0.6 is 0 Å². The Morgan fingerprint density at radius 2 is 2.26 bits per heavy atom. The van der Waals surface area contributed by atoms with Crippen LogP contribution in [-0.4, -0.2) is 30.4 Å². The van der Waals surface area contributed by atoms with Gasteiger partial charge in [0.25, 0.3) is 0 Å². The number of aryl methyl sites for hydroxylation is 1. The average Bonchev–Trinajstić information content (AvgIpc) is 3.02. The van der Waals surface area contributed by atoms with E-state index in [1.54, 1.807) is 0 Å². The third-order valence-corrected chi connectivity index (χ3v) is 3.93. The van der Waals surface area contributed by atoms with Crippen molar-refractivity contribution in [3.63, 3.8) is 0 Å². The number of hydrogen-bond donors (Lipinski definition) is 1. The minimum absolute atomic E-state index is 0.433. The first-order valence-corrected chi connectivity index (χ1v) is 7.22. The molecule has 1 unspecified atom stereocenters. The lowest BCUT2D eigenvalue weighted by molar-refractivity contribution is 0.110. The van der Waals surface area contributed by atoms with E-state index >= 15 is 0 Å². The van der Waals surface area contributed by atoms with Crippen molar-refractivity contribution in [1.29, 1.82) is 0 Å². The molecule has 19 heavy (non-hydrogen) atoms. The highest BCUT2D eigenvalue weighted by molar-refractivity contribution is 5.81. The van der Waals surface area contributed by atoms with E-state index in [9.17, 15) is 0 Å². The van der Waals surface area contributed by atoms with E-state index in [0.717, 1.165) is 26.2 Å². The molecule has 0 amide bonds. The van der Waals surface area contributed by atoms with E-state index in [1.165, 1.54) is 29.4 Å². The number of fused-ring (bicyclic) bond motifs is 1. The van der Waals surface area contributed by atoms with Crippen molar-refractivity contribution < 1.29 is 4.74 Å². The molecule has 0 spiro atoms. The Hall–Kier alpha value is -1.32. The van der Waals surface area contributed by atoms with Crippen LogP contribution in [0, 0.1) is 6.92 Å². The Bertz CT molecular complexity index is 541. The van der Waals surface area contributed by atoms with Gasteiger partial charge in [0.1, 0.15) is 0 Å². The van der Waals surface area contributed by atoms with Crippen molar-refractivity contribution in [2.75, 3.05) is 19.7 Å². The Labute approximate surface area is 114 Å². The summed E-state index contributed by atoms with van der Waals surface area (Å²) in [6, 6.07) is 10.8. The summed E-state index contributed by atoms with van der Waals surface area (Å²) in [4.78, 5) is 0. The summed E-state index contributed by atoms with van der Waals surface area (Å²) < 4.78 is 8.00. The van der Waals surface area contributed by atoms with Crippen LogP contribution in [-0.2, 0) is 11.3 Å². The minimum Gasteiger partial charge on any atom is -0.377 e. The van der Waals surface area contributed by atoms with E-state index in [4.69, 9.17) is 4.74 Å². The van der Waals surface area contributed by atoms with Gasteiger partial charge < -0.3 is 14.6 Å². The second kappa shape index (κ2) is 5.76. The molecule has 1 aliphatic heterocycles. The molecule has 0 radical (unpaired) electrons. The van der Waals surface area contributed by atoms with Crippen LogP contribution < -0.4 is 5.32 Å². The first-order chi connectivity index (χ1) is 9.34. The lowest BCUT2D eigenvalue weighted by Crippen LogP contribution is -2.29. The third kappa shape index (κ3) is 2.82. The van der Waals surface area contributed by atoms with Crippen LogP contribution in [0.3, 0.4) is 0 Å². The molecule has 1 aromatic heterocycles. The molecule has 1 fully saturated rings. The molecular weight excluding hydrogens is 236 g/mol. The Kier molecular flexibility index (Phi) is 3.85. The Morgan fingerprint density at radius 1 is 1.37 bits per heavy atom. The Morgan fingerprint density at radius 3 is 3.11 bits per heavy atom. The molecule has 1 aromatic carbocycles. The monoisotopic (exact) mass is 258 g/mol. The van der Waals surface area contributed by atoms with E-state index < -0.39 is 0 Å². The summed E-state index contributed by atoms with van der Waals surface area (Å²) >= 11 is 0. The van der Waals surface area contributed by atoms with Gasteiger partial charge in [-0.1, -0.05) is 18.2 Å². The van der Waals surface area contributed by atoms with Crippen LogP contribution in [0.2, 0.25) is 0 Å². The predicted molar refractivity (Wildman–Crippen MR) is 78.5 cm³/mol. The molecule has 3 heteroatoms. The van der Waals surface area contributed by atoms with Crippen LogP contribution in [0.25, 0.3) is 10.9 Å². The standard InChI is InChI=1S/C16H22N2O/c1-13-11-14-5-2-3-7-16(14)18(13)9-8-17-12-15-6-4-10-19-15/h2-3,5,7,11,15,17H,4,6,8-10,12H2,1H3. The number of para-hydroxylation sites is 1. The second-order valence-electron chi connectivity index (χ2n) is 5.34. The van der Waals surface area contributed by atoms with Gasteiger partial charge in [0.2, 0.25) is 0 Å². The van der Waals surface area contributed by atoms with Gasteiger partial charge in [-0.25, -0.2) is 0 Å². The largest absolute Gasteiger partial charge is 0.377 e. The zero-order valence-electron chi connectivity index (χ0n) is 11.6. The minimum atomic E-state index is 0.433. The van der Waals surface area contributed by atoms with Gasteiger partial charge in [-0.3, -0.25) is 0 Å². The van der Waals surface area contributed by atoms with Crippen LogP contribution in [0.1, 0.15) is 18.5 Å². The molecule has 0 aliphatic carbocycles. The van der Waals surface area contributed by atoms with Gasteiger partial charge >= 0.3 is 0 Å². The van der Waals surface area contributed by atoms with Crippen LogP contribution in [0.15, 0.2) is 30.3 Å². The maximum atomic E-state index is 5.61. The quantitative estimate of drug-likeness (QED) is 0.835. The summed E-state index contributed by atoms with van der Waals surface area (Å²) in [6.07, 6.45) is 2.86. The molecule has 0 saturated carbocycles. The molecule has 1 saturated heterocycles. The predicted octanol–water partition coefficient (Wildman–Crippen LogP) is 2.72. The van der Waals surface area contributed by atoms with E-state index in [1.807, 2.05) is 0 Å². The molecule has 1 atom stereocenters. The molecule has 3 rings (SSSR count). The van der Waals surface area contributed by atoms with Gasteiger partial charge in [-0.2, -0.15) is 0 Å². The van der Waals surface area contributed by atoms with Gasteiger partial charge in [0, 0.05) is 37.5 Å². The maximum Gasteiger partial charge on any atom is 0.0700 e.